The van der Waals surface area contributed by atoms with E-state index in [0.29, 0.717) is 29.7 Å². The van der Waals surface area contributed by atoms with Crippen molar-refractivity contribution >= 4 is 56.9 Å². The molecule has 5 aromatic rings. The zero-order chi connectivity index (χ0) is 38.8. The lowest BCUT2D eigenvalue weighted by atomic mass is 9.86. The number of rotatable bonds is 12. The van der Waals surface area contributed by atoms with Gasteiger partial charge in [0.1, 0.15) is 30.6 Å². The Kier molecular flexibility index (Phi) is 13.7. The minimum atomic E-state index is -0.461. The van der Waals surface area contributed by atoms with Crippen molar-refractivity contribution in [3.05, 3.63) is 102 Å². The SMILES string of the molecule is COCC(=O)Cl.COCC(=O)Nc1cc(C(C)(C)COc2ccc(NC(=O)Nc3cc(C(C)(C)C)nn3-c3ccc(C)cc3)c3ccccc23)ccn1. The van der Waals surface area contributed by atoms with E-state index in [9.17, 15) is 14.4 Å². The summed E-state index contributed by atoms with van der Waals surface area (Å²) in [6.07, 6.45) is 1.66. The van der Waals surface area contributed by atoms with Crippen molar-refractivity contribution in [1.82, 2.24) is 14.8 Å². The highest BCUT2D eigenvalue weighted by Gasteiger charge is 2.24. The lowest BCUT2D eigenvalue weighted by Crippen LogP contribution is -2.27. The number of hydrogen-bond acceptors (Lipinski definition) is 8. The molecule has 0 aliphatic heterocycles. The summed E-state index contributed by atoms with van der Waals surface area (Å²) in [6.45, 7) is 12.8. The molecule has 13 heteroatoms. The molecule has 2 aromatic heterocycles. The predicted molar refractivity (Wildman–Crippen MR) is 210 cm³/mol. The fraction of sp³-hybridized carbons (Fsp3) is 0.325. The third-order valence-corrected chi connectivity index (χ3v) is 8.17. The number of anilines is 3. The maximum absolute atomic E-state index is 13.4. The number of pyridine rings is 1. The van der Waals surface area contributed by atoms with Gasteiger partial charge < -0.3 is 24.8 Å². The molecule has 0 saturated heterocycles. The summed E-state index contributed by atoms with van der Waals surface area (Å²) >= 11 is 4.81. The Morgan fingerprint density at radius 1 is 0.811 bits per heavy atom. The van der Waals surface area contributed by atoms with Crippen molar-refractivity contribution in [2.45, 2.75) is 52.4 Å². The molecule has 0 atom stereocenters. The summed E-state index contributed by atoms with van der Waals surface area (Å²) in [4.78, 5) is 39.3. The van der Waals surface area contributed by atoms with Gasteiger partial charge in [0.05, 0.1) is 23.7 Å². The van der Waals surface area contributed by atoms with E-state index in [-0.39, 0.29) is 30.6 Å². The molecule has 5 rings (SSSR count). The smallest absolute Gasteiger partial charge is 0.324 e. The third-order valence-electron chi connectivity index (χ3n) is 8.06. The van der Waals surface area contributed by atoms with Crippen LogP contribution in [0.4, 0.5) is 22.1 Å². The summed E-state index contributed by atoms with van der Waals surface area (Å²) in [6, 6.07) is 24.8. The summed E-state index contributed by atoms with van der Waals surface area (Å²) in [5.41, 5.74) is 3.85. The maximum Gasteiger partial charge on any atom is 0.324 e. The van der Waals surface area contributed by atoms with Crippen LogP contribution in [0.25, 0.3) is 16.5 Å². The lowest BCUT2D eigenvalue weighted by molar-refractivity contribution is -0.119. The molecule has 12 nitrogen and oxygen atoms in total. The van der Waals surface area contributed by atoms with Crippen molar-refractivity contribution in [3.63, 3.8) is 0 Å². The third kappa shape index (κ3) is 11.3. The summed E-state index contributed by atoms with van der Waals surface area (Å²) in [5, 5.41) is 14.9. The zero-order valence-electron chi connectivity index (χ0n) is 31.4. The van der Waals surface area contributed by atoms with Gasteiger partial charge in [-0.25, -0.2) is 14.5 Å². The van der Waals surface area contributed by atoms with Crippen LogP contribution in [-0.2, 0) is 29.9 Å². The van der Waals surface area contributed by atoms with Crippen molar-refractivity contribution in [3.8, 4) is 11.4 Å². The highest BCUT2D eigenvalue weighted by Crippen LogP contribution is 2.34. The van der Waals surface area contributed by atoms with Crippen molar-refractivity contribution in [1.29, 1.82) is 0 Å². The van der Waals surface area contributed by atoms with Crippen molar-refractivity contribution in [2.24, 2.45) is 0 Å². The van der Waals surface area contributed by atoms with Crippen LogP contribution in [0.1, 0.15) is 51.4 Å². The van der Waals surface area contributed by atoms with Crippen LogP contribution in [0.5, 0.6) is 5.75 Å². The second-order valence-electron chi connectivity index (χ2n) is 14.0. The number of aryl methyl sites for hydroxylation is 1. The van der Waals surface area contributed by atoms with Gasteiger partial charge in [-0.15, -0.1) is 0 Å². The molecule has 3 amide bonds. The first kappa shape index (κ1) is 40.5. The maximum atomic E-state index is 13.4. The van der Waals surface area contributed by atoms with Crippen LogP contribution in [-0.4, -0.2) is 66.0 Å². The molecule has 3 N–H and O–H groups in total. The number of urea groups is 1. The second-order valence-corrected chi connectivity index (χ2v) is 14.4. The van der Waals surface area contributed by atoms with Crippen molar-refractivity contribution < 1.29 is 28.6 Å². The number of nitrogens with zero attached hydrogens (tertiary/aromatic N) is 3. The zero-order valence-corrected chi connectivity index (χ0v) is 32.1. The molecular weight excluding hydrogens is 696 g/mol. The van der Waals surface area contributed by atoms with Crippen molar-refractivity contribution in [2.75, 3.05) is 50.0 Å². The molecule has 0 fully saturated rings. The average molecular weight is 743 g/mol. The van der Waals surface area contributed by atoms with Gasteiger partial charge in [0, 0.05) is 48.1 Å². The number of aromatic nitrogens is 3. The van der Waals surface area contributed by atoms with E-state index in [2.05, 4.69) is 60.3 Å². The topological polar surface area (TPSA) is 146 Å². The Hall–Kier alpha value is -5.30. The van der Waals surface area contributed by atoms with Crippen LogP contribution in [0.3, 0.4) is 0 Å². The fourth-order valence-electron chi connectivity index (χ4n) is 5.18. The van der Waals surface area contributed by atoms with Gasteiger partial charge >= 0.3 is 6.03 Å². The molecule has 0 bridgehead atoms. The number of nitrogens with one attached hydrogen (secondary N) is 3. The lowest BCUT2D eigenvalue weighted by Gasteiger charge is -2.26. The van der Waals surface area contributed by atoms with Crippen LogP contribution < -0.4 is 20.7 Å². The Labute approximate surface area is 315 Å². The summed E-state index contributed by atoms with van der Waals surface area (Å²) in [7, 11) is 2.89. The molecular formula is C40H47ClN6O6. The Morgan fingerprint density at radius 2 is 1.49 bits per heavy atom. The van der Waals surface area contributed by atoms with Crippen LogP contribution >= 0.6 is 11.6 Å². The van der Waals surface area contributed by atoms with Gasteiger partial charge in [-0.1, -0.05) is 76.6 Å². The van der Waals surface area contributed by atoms with Gasteiger partial charge in [-0.2, -0.15) is 5.10 Å². The Morgan fingerprint density at radius 3 is 2.11 bits per heavy atom. The standard InChI is InChI=1S/C37H42N6O4.C3H5ClO2/c1-24-12-14-26(15-13-24)43-33(21-31(42-43)36(2,3)4)41-35(45)39-29-16-17-30(28-11-9-8-10-27(28)29)47-23-37(5,6)25-18-19-38-32(20-25)40-34(44)22-46-7;1-6-2-3(4)5/h8-21H,22-23H2,1-7H3,(H,38,40,44)(H2,39,41,45);2H2,1H3. The number of amides is 3. The number of fused-ring (bicyclic) bond motifs is 1. The van der Waals surface area contributed by atoms with E-state index in [1.54, 1.807) is 10.9 Å². The number of benzene rings is 3. The van der Waals surface area contributed by atoms with Gasteiger partial charge in [0.15, 0.2) is 0 Å². The quantitative estimate of drug-likeness (QED) is 0.109. The first-order valence-corrected chi connectivity index (χ1v) is 17.3. The first-order valence-electron chi connectivity index (χ1n) is 16.9. The second kappa shape index (κ2) is 18.0. The van der Waals surface area contributed by atoms with E-state index in [1.807, 2.05) is 85.8 Å². The number of carbonyl (C=O) groups excluding carboxylic acids is 3. The molecule has 0 unspecified atom stereocenters. The molecule has 2 heterocycles. The van der Waals surface area contributed by atoms with E-state index in [1.165, 1.54) is 14.2 Å². The van der Waals surface area contributed by atoms with Gasteiger partial charge in [0.25, 0.3) is 5.91 Å². The summed E-state index contributed by atoms with van der Waals surface area (Å²) in [5.74, 6) is 1.44. The van der Waals surface area contributed by atoms with E-state index < -0.39 is 10.7 Å². The van der Waals surface area contributed by atoms with E-state index >= 15 is 0 Å². The number of ether oxygens (including phenoxy) is 3. The fourth-order valence-corrected chi connectivity index (χ4v) is 5.29. The van der Waals surface area contributed by atoms with Crippen LogP contribution in [0.2, 0.25) is 0 Å². The van der Waals surface area contributed by atoms with E-state index in [0.717, 1.165) is 33.3 Å². The molecule has 0 spiro atoms. The monoisotopic (exact) mass is 742 g/mol. The van der Waals surface area contributed by atoms with Gasteiger partial charge in [-0.05, 0) is 60.5 Å². The minimum Gasteiger partial charge on any atom is -0.492 e. The highest BCUT2D eigenvalue weighted by molar-refractivity contribution is 6.63. The first-order chi connectivity index (χ1) is 25.1. The molecule has 0 aliphatic rings. The largest absolute Gasteiger partial charge is 0.492 e. The van der Waals surface area contributed by atoms with Crippen LogP contribution in [0, 0.1) is 6.92 Å². The van der Waals surface area contributed by atoms with Crippen LogP contribution in [0.15, 0.2) is 85.1 Å². The van der Waals surface area contributed by atoms with E-state index in [4.69, 9.17) is 26.2 Å². The highest BCUT2D eigenvalue weighted by atomic mass is 35.5. The predicted octanol–water partition coefficient (Wildman–Crippen LogP) is 8.01. The normalized spacial score (nSPS) is 11.3. The Bertz CT molecular complexity index is 2040. The number of methoxy groups -OCH3 is 2. The molecule has 280 valence electrons. The molecule has 3 aromatic carbocycles. The molecule has 0 aliphatic carbocycles. The van der Waals surface area contributed by atoms with Gasteiger partial charge in [-0.3, -0.25) is 14.9 Å². The average Bonchev–Trinajstić information content (AvgIpc) is 3.53. The Balaban J connectivity index is 0.000000964. The summed E-state index contributed by atoms with van der Waals surface area (Å²) < 4.78 is 17.4. The molecule has 0 radical (unpaired) electrons. The van der Waals surface area contributed by atoms with Gasteiger partial charge in [0.2, 0.25) is 5.24 Å². The minimum absolute atomic E-state index is 0.00154. The molecule has 53 heavy (non-hydrogen) atoms. The number of carbonyl (C=O) groups is 3. The number of hydrogen-bond donors (Lipinski definition) is 3. The molecule has 0 saturated carbocycles. The number of halogens is 1.